The number of nitrogens with one attached hydrogen (secondary N) is 1. The van der Waals surface area contributed by atoms with Crippen LogP contribution in [0.5, 0.6) is 0 Å². The van der Waals surface area contributed by atoms with Crippen LogP contribution in [0.25, 0.3) is 0 Å². The number of nitriles is 1. The minimum Gasteiger partial charge on any atom is -0.396 e. The molecule has 0 radical (unpaired) electrons. The van der Waals surface area contributed by atoms with Gasteiger partial charge in [-0.1, -0.05) is 0 Å². The summed E-state index contributed by atoms with van der Waals surface area (Å²) < 4.78 is 38.4. The molecular formula is C14H16F3N3O3. The number of nitrogens with zero attached hydrogens (tertiary/aromatic N) is 2. The molecule has 0 bridgehead atoms. The number of aromatic nitrogens is 1. The molecule has 23 heavy (non-hydrogen) atoms. The van der Waals surface area contributed by atoms with Crippen molar-refractivity contribution in [2.24, 2.45) is 0 Å². The highest BCUT2D eigenvalue weighted by Gasteiger charge is 2.35. The lowest BCUT2D eigenvalue weighted by Gasteiger charge is -2.22. The summed E-state index contributed by atoms with van der Waals surface area (Å²) in [5.41, 5.74) is -4.15. The van der Waals surface area contributed by atoms with E-state index in [-0.39, 0.29) is 18.7 Å². The van der Waals surface area contributed by atoms with Gasteiger partial charge in [-0.05, 0) is 32.3 Å². The van der Waals surface area contributed by atoms with Crippen LogP contribution in [0.4, 0.5) is 18.9 Å². The molecule has 0 spiro atoms. The molecule has 1 aromatic rings. The minimum atomic E-state index is -4.79. The number of hydrogen-bond donors (Lipinski definition) is 3. The third-order valence-electron chi connectivity index (χ3n) is 3.12. The standard InChI is InChI=1S/C14H16F3N3O3/c1-13(23,4-2-3-5-21)12(22)20-9-6-10(14(15,16)17)11(7-18)19-8-9/h6,8,21,23H,2-5H2,1H3,(H,20,22). The van der Waals surface area contributed by atoms with E-state index in [0.717, 1.165) is 6.20 Å². The molecule has 0 aliphatic carbocycles. The van der Waals surface area contributed by atoms with Crippen molar-refractivity contribution in [3.05, 3.63) is 23.5 Å². The molecule has 0 fully saturated rings. The number of amides is 1. The Balaban J connectivity index is 2.93. The van der Waals surface area contributed by atoms with Crippen molar-refractivity contribution in [2.45, 2.75) is 38.0 Å². The van der Waals surface area contributed by atoms with Gasteiger partial charge in [0.25, 0.3) is 5.91 Å². The van der Waals surface area contributed by atoms with Crippen LogP contribution in [-0.4, -0.2) is 33.3 Å². The van der Waals surface area contributed by atoms with Crippen LogP contribution in [0.3, 0.4) is 0 Å². The summed E-state index contributed by atoms with van der Waals surface area (Å²) in [6.07, 6.45) is -3.08. The zero-order valence-corrected chi connectivity index (χ0v) is 12.3. The van der Waals surface area contributed by atoms with E-state index in [9.17, 15) is 23.1 Å². The molecular weight excluding hydrogens is 315 g/mol. The van der Waals surface area contributed by atoms with Crippen LogP contribution in [0, 0.1) is 11.3 Å². The minimum absolute atomic E-state index is 0.0369. The van der Waals surface area contributed by atoms with Crippen LogP contribution in [-0.2, 0) is 11.0 Å². The number of unbranched alkanes of at least 4 members (excludes halogenated alkanes) is 1. The van der Waals surface area contributed by atoms with E-state index in [4.69, 9.17) is 10.4 Å². The van der Waals surface area contributed by atoms with Gasteiger partial charge in [0.2, 0.25) is 0 Å². The van der Waals surface area contributed by atoms with Crippen molar-refractivity contribution in [1.82, 2.24) is 4.98 Å². The molecule has 0 aliphatic rings. The summed E-state index contributed by atoms with van der Waals surface area (Å²) in [5.74, 6) is -0.893. The second-order valence-corrected chi connectivity index (χ2v) is 5.14. The number of alkyl halides is 3. The first kappa shape index (κ1) is 18.9. The van der Waals surface area contributed by atoms with Gasteiger partial charge in [-0.3, -0.25) is 4.79 Å². The van der Waals surface area contributed by atoms with E-state index in [1.807, 2.05) is 0 Å². The van der Waals surface area contributed by atoms with Crippen molar-refractivity contribution < 1.29 is 28.2 Å². The largest absolute Gasteiger partial charge is 0.419 e. The van der Waals surface area contributed by atoms with Gasteiger partial charge in [0.15, 0.2) is 5.69 Å². The molecule has 6 nitrogen and oxygen atoms in total. The molecule has 0 saturated heterocycles. The van der Waals surface area contributed by atoms with E-state index in [1.54, 1.807) is 0 Å². The Kier molecular flexibility index (Phi) is 6.06. The molecule has 1 heterocycles. The Morgan fingerprint density at radius 1 is 1.43 bits per heavy atom. The quantitative estimate of drug-likeness (QED) is 0.690. The maximum absolute atomic E-state index is 12.8. The molecule has 0 saturated carbocycles. The first-order valence-electron chi connectivity index (χ1n) is 6.74. The number of carbonyl (C=O) groups is 1. The third kappa shape index (κ3) is 5.19. The zero-order chi connectivity index (χ0) is 17.7. The van der Waals surface area contributed by atoms with E-state index in [1.165, 1.54) is 13.0 Å². The highest BCUT2D eigenvalue weighted by Crippen LogP contribution is 2.32. The molecule has 0 aliphatic heterocycles. The topological polar surface area (TPSA) is 106 Å². The number of carbonyl (C=O) groups excluding carboxylic acids is 1. The second kappa shape index (κ2) is 7.39. The van der Waals surface area contributed by atoms with Crippen LogP contribution in [0.1, 0.15) is 37.4 Å². The Morgan fingerprint density at radius 3 is 2.61 bits per heavy atom. The summed E-state index contributed by atoms with van der Waals surface area (Å²) in [4.78, 5) is 15.3. The number of hydrogen-bond acceptors (Lipinski definition) is 5. The Morgan fingerprint density at radius 2 is 2.09 bits per heavy atom. The van der Waals surface area contributed by atoms with Crippen LogP contribution >= 0.6 is 0 Å². The predicted octanol–water partition coefficient (Wildman–Crippen LogP) is 1.82. The average Bonchev–Trinajstić information content (AvgIpc) is 2.46. The van der Waals surface area contributed by atoms with E-state index < -0.39 is 28.9 Å². The monoisotopic (exact) mass is 331 g/mol. The molecule has 3 N–H and O–H groups in total. The fraction of sp³-hybridized carbons (Fsp3) is 0.500. The van der Waals surface area contributed by atoms with Crippen LogP contribution in [0.2, 0.25) is 0 Å². The SMILES string of the molecule is CC(O)(CCCCO)C(=O)Nc1cnc(C#N)c(C(F)(F)F)c1. The van der Waals surface area contributed by atoms with Gasteiger partial charge in [-0.25, -0.2) is 4.98 Å². The second-order valence-electron chi connectivity index (χ2n) is 5.14. The average molecular weight is 331 g/mol. The smallest absolute Gasteiger partial charge is 0.396 e. The van der Waals surface area contributed by atoms with Crippen LogP contribution in [0.15, 0.2) is 12.3 Å². The summed E-state index contributed by atoms with van der Waals surface area (Å²) >= 11 is 0. The third-order valence-corrected chi connectivity index (χ3v) is 3.12. The van der Waals surface area contributed by atoms with E-state index in [2.05, 4.69) is 10.3 Å². The first-order valence-corrected chi connectivity index (χ1v) is 6.74. The lowest BCUT2D eigenvalue weighted by Crippen LogP contribution is -2.40. The maximum atomic E-state index is 12.8. The molecule has 126 valence electrons. The van der Waals surface area contributed by atoms with Crippen molar-refractivity contribution in [3.8, 4) is 6.07 Å². The van der Waals surface area contributed by atoms with Crippen LogP contribution < -0.4 is 5.32 Å². The van der Waals surface area contributed by atoms with E-state index in [0.29, 0.717) is 18.9 Å². The molecule has 1 aromatic heterocycles. The number of rotatable bonds is 6. The van der Waals surface area contributed by atoms with Gasteiger partial charge in [-0.15, -0.1) is 0 Å². The predicted molar refractivity (Wildman–Crippen MR) is 74.1 cm³/mol. The number of aliphatic hydroxyl groups is 2. The van der Waals surface area contributed by atoms with Gasteiger partial charge in [0.05, 0.1) is 17.4 Å². The summed E-state index contributed by atoms with van der Waals surface area (Å²) in [5, 5.41) is 29.5. The first-order chi connectivity index (χ1) is 10.6. The number of halogens is 3. The van der Waals surface area contributed by atoms with E-state index >= 15 is 0 Å². The van der Waals surface area contributed by atoms with Crippen molar-refractivity contribution >= 4 is 11.6 Å². The molecule has 1 atom stereocenters. The summed E-state index contributed by atoms with van der Waals surface area (Å²) in [6, 6.07) is 1.92. The summed E-state index contributed by atoms with van der Waals surface area (Å²) in [6.45, 7) is 1.13. The molecule has 0 aromatic carbocycles. The normalized spacial score (nSPS) is 14.0. The Labute approximate surface area is 130 Å². The molecule has 1 amide bonds. The number of pyridine rings is 1. The molecule has 1 rings (SSSR count). The fourth-order valence-electron chi connectivity index (χ4n) is 1.80. The maximum Gasteiger partial charge on any atom is 0.419 e. The van der Waals surface area contributed by atoms with Crippen molar-refractivity contribution in [1.29, 1.82) is 5.26 Å². The summed E-state index contributed by atoms with van der Waals surface area (Å²) in [7, 11) is 0. The van der Waals surface area contributed by atoms with Gasteiger partial charge in [0.1, 0.15) is 11.7 Å². The highest BCUT2D eigenvalue weighted by atomic mass is 19.4. The van der Waals surface area contributed by atoms with Gasteiger partial charge < -0.3 is 15.5 Å². The lowest BCUT2D eigenvalue weighted by atomic mass is 9.98. The molecule has 9 heteroatoms. The van der Waals surface area contributed by atoms with Gasteiger partial charge in [0, 0.05) is 6.61 Å². The van der Waals surface area contributed by atoms with Crippen molar-refractivity contribution in [3.63, 3.8) is 0 Å². The Hall–Kier alpha value is -2.18. The van der Waals surface area contributed by atoms with Gasteiger partial charge >= 0.3 is 6.18 Å². The Bertz CT molecular complexity index is 610. The lowest BCUT2D eigenvalue weighted by molar-refractivity contribution is -0.138. The zero-order valence-electron chi connectivity index (χ0n) is 12.3. The molecule has 1 unspecified atom stereocenters. The fourth-order valence-corrected chi connectivity index (χ4v) is 1.80. The van der Waals surface area contributed by atoms with Crippen molar-refractivity contribution in [2.75, 3.05) is 11.9 Å². The number of aliphatic hydroxyl groups excluding tert-OH is 1. The number of anilines is 1. The van der Waals surface area contributed by atoms with Gasteiger partial charge in [-0.2, -0.15) is 18.4 Å². The highest BCUT2D eigenvalue weighted by molar-refractivity contribution is 5.96.